The summed E-state index contributed by atoms with van der Waals surface area (Å²) in [5, 5.41) is 4.22. The maximum Gasteiger partial charge on any atom is 0.145 e. The highest BCUT2D eigenvalue weighted by Gasteiger charge is 2.28. The van der Waals surface area contributed by atoms with Crippen LogP contribution in [0.3, 0.4) is 0 Å². The first kappa shape index (κ1) is 13.0. The summed E-state index contributed by atoms with van der Waals surface area (Å²) < 4.78 is 0. The van der Waals surface area contributed by atoms with E-state index >= 15 is 0 Å². The van der Waals surface area contributed by atoms with E-state index in [9.17, 15) is 0 Å². The Morgan fingerprint density at radius 1 is 1.35 bits per heavy atom. The standard InChI is InChI=1S/C12H19N3S2/c1-4-9-11(17-6-5-16-9)12-14-8(2)7-10(13-3)15-12/h7,9,11H,4-6H2,1-3H3,(H,13,14,15). The molecule has 1 aromatic rings. The first-order valence-corrected chi connectivity index (χ1v) is 8.11. The Hall–Kier alpha value is -0.420. The SMILES string of the molecule is CCC1SCCSC1c1nc(C)cc(NC)n1. The summed E-state index contributed by atoms with van der Waals surface area (Å²) >= 11 is 4.07. The van der Waals surface area contributed by atoms with Crippen LogP contribution in [-0.2, 0) is 0 Å². The number of rotatable bonds is 3. The molecule has 1 aliphatic heterocycles. The molecule has 17 heavy (non-hydrogen) atoms. The molecular formula is C12H19N3S2. The van der Waals surface area contributed by atoms with Gasteiger partial charge in [0.05, 0.1) is 5.25 Å². The van der Waals surface area contributed by atoms with E-state index in [0.29, 0.717) is 10.5 Å². The quantitative estimate of drug-likeness (QED) is 0.912. The molecule has 1 fully saturated rings. The van der Waals surface area contributed by atoms with Crippen molar-refractivity contribution in [2.45, 2.75) is 30.8 Å². The first-order chi connectivity index (χ1) is 8.24. The van der Waals surface area contributed by atoms with Crippen LogP contribution in [0.25, 0.3) is 0 Å². The van der Waals surface area contributed by atoms with Gasteiger partial charge in [-0.1, -0.05) is 6.92 Å². The number of aryl methyl sites for hydroxylation is 1. The molecule has 1 N–H and O–H groups in total. The Morgan fingerprint density at radius 3 is 2.82 bits per heavy atom. The van der Waals surface area contributed by atoms with Gasteiger partial charge in [-0.05, 0) is 13.3 Å². The van der Waals surface area contributed by atoms with Gasteiger partial charge >= 0.3 is 0 Å². The highest BCUT2D eigenvalue weighted by atomic mass is 32.2. The van der Waals surface area contributed by atoms with Crippen molar-refractivity contribution in [1.29, 1.82) is 0 Å². The van der Waals surface area contributed by atoms with Crippen LogP contribution in [0.2, 0.25) is 0 Å². The third kappa shape index (κ3) is 3.07. The largest absolute Gasteiger partial charge is 0.373 e. The van der Waals surface area contributed by atoms with Crippen molar-refractivity contribution in [2.75, 3.05) is 23.9 Å². The van der Waals surface area contributed by atoms with E-state index in [0.717, 1.165) is 17.3 Å². The summed E-state index contributed by atoms with van der Waals surface area (Å²) in [7, 11) is 1.91. The van der Waals surface area contributed by atoms with Crippen LogP contribution in [0.5, 0.6) is 0 Å². The summed E-state index contributed by atoms with van der Waals surface area (Å²) in [6.45, 7) is 4.29. The minimum absolute atomic E-state index is 0.450. The summed E-state index contributed by atoms with van der Waals surface area (Å²) in [6.07, 6.45) is 1.19. The van der Waals surface area contributed by atoms with Crippen LogP contribution >= 0.6 is 23.5 Å². The summed E-state index contributed by atoms with van der Waals surface area (Å²) in [5.74, 6) is 4.39. The highest BCUT2D eigenvalue weighted by Crippen LogP contribution is 2.42. The van der Waals surface area contributed by atoms with Gasteiger partial charge in [0, 0.05) is 35.6 Å². The number of hydrogen-bond acceptors (Lipinski definition) is 5. The van der Waals surface area contributed by atoms with Crippen molar-refractivity contribution in [1.82, 2.24) is 9.97 Å². The number of anilines is 1. The zero-order valence-electron chi connectivity index (χ0n) is 10.6. The van der Waals surface area contributed by atoms with E-state index < -0.39 is 0 Å². The van der Waals surface area contributed by atoms with Gasteiger partial charge in [0.25, 0.3) is 0 Å². The smallest absolute Gasteiger partial charge is 0.145 e. The molecule has 0 radical (unpaired) electrons. The molecule has 0 aliphatic carbocycles. The number of nitrogens with one attached hydrogen (secondary N) is 1. The molecule has 2 atom stereocenters. The Morgan fingerprint density at radius 2 is 2.12 bits per heavy atom. The van der Waals surface area contributed by atoms with Crippen LogP contribution in [0, 0.1) is 6.92 Å². The van der Waals surface area contributed by atoms with E-state index in [-0.39, 0.29) is 0 Å². The average molecular weight is 269 g/mol. The molecule has 2 heterocycles. The Balaban J connectivity index is 2.27. The highest BCUT2D eigenvalue weighted by molar-refractivity contribution is 8.06. The van der Waals surface area contributed by atoms with Gasteiger partial charge < -0.3 is 5.32 Å². The number of hydrogen-bond donors (Lipinski definition) is 1. The Kier molecular flexibility index (Phi) is 4.56. The van der Waals surface area contributed by atoms with Crippen molar-refractivity contribution in [3.05, 3.63) is 17.6 Å². The molecule has 3 nitrogen and oxygen atoms in total. The molecule has 1 saturated heterocycles. The minimum Gasteiger partial charge on any atom is -0.373 e. The molecule has 94 valence electrons. The zero-order valence-corrected chi connectivity index (χ0v) is 12.2. The van der Waals surface area contributed by atoms with E-state index in [2.05, 4.69) is 34.0 Å². The molecule has 0 spiro atoms. The van der Waals surface area contributed by atoms with E-state index in [1.165, 1.54) is 17.9 Å². The van der Waals surface area contributed by atoms with Crippen LogP contribution < -0.4 is 5.32 Å². The molecule has 1 aliphatic rings. The zero-order chi connectivity index (χ0) is 12.3. The molecule has 1 aromatic heterocycles. The number of aromatic nitrogens is 2. The normalized spacial score (nSPS) is 24.6. The van der Waals surface area contributed by atoms with Gasteiger partial charge in [-0.2, -0.15) is 11.8 Å². The molecule has 2 unspecified atom stereocenters. The Bertz CT molecular complexity index is 384. The van der Waals surface area contributed by atoms with E-state index in [4.69, 9.17) is 0 Å². The van der Waals surface area contributed by atoms with E-state index in [1.807, 2.05) is 31.8 Å². The van der Waals surface area contributed by atoms with Gasteiger partial charge in [0.2, 0.25) is 0 Å². The van der Waals surface area contributed by atoms with Crippen molar-refractivity contribution in [3.8, 4) is 0 Å². The van der Waals surface area contributed by atoms with Crippen LogP contribution in [0.15, 0.2) is 6.07 Å². The summed E-state index contributed by atoms with van der Waals surface area (Å²) in [4.78, 5) is 9.24. The lowest BCUT2D eigenvalue weighted by Gasteiger charge is -2.29. The fraction of sp³-hybridized carbons (Fsp3) is 0.667. The van der Waals surface area contributed by atoms with Crippen molar-refractivity contribution < 1.29 is 0 Å². The third-order valence-corrected chi connectivity index (χ3v) is 6.08. The summed E-state index contributed by atoms with van der Waals surface area (Å²) in [6, 6.07) is 1.99. The van der Waals surface area contributed by atoms with Gasteiger partial charge in [-0.3, -0.25) is 0 Å². The third-order valence-electron chi connectivity index (χ3n) is 2.83. The van der Waals surface area contributed by atoms with Gasteiger partial charge in [-0.15, -0.1) is 11.8 Å². The number of nitrogens with zero attached hydrogens (tertiary/aromatic N) is 2. The molecule has 0 saturated carbocycles. The van der Waals surface area contributed by atoms with Crippen LogP contribution in [-0.4, -0.2) is 33.8 Å². The van der Waals surface area contributed by atoms with Gasteiger partial charge in [0.15, 0.2) is 0 Å². The fourth-order valence-electron chi connectivity index (χ4n) is 1.99. The van der Waals surface area contributed by atoms with Gasteiger partial charge in [-0.25, -0.2) is 9.97 Å². The second-order valence-electron chi connectivity index (χ2n) is 4.11. The molecule has 0 aromatic carbocycles. The Labute approximate surface area is 112 Å². The van der Waals surface area contributed by atoms with Crippen molar-refractivity contribution in [3.63, 3.8) is 0 Å². The van der Waals surface area contributed by atoms with Crippen molar-refractivity contribution in [2.24, 2.45) is 0 Å². The van der Waals surface area contributed by atoms with E-state index in [1.54, 1.807) is 0 Å². The topological polar surface area (TPSA) is 37.8 Å². The second-order valence-corrected chi connectivity index (χ2v) is 6.71. The maximum atomic E-state index is 4.62. The monoisotopic (exact) mass is 269 g/mol. The molecule has 0 amide bonds. The molecule has 2 rings (SSSR count). The molecule has 0 bridgehead atoms. The second kappa shape index (κ2) is 5.96. The fourth-order valence-corrected chi connectivity index (χ4v) is 4.98. The number of thioether (sulfide) groups is 2. The first-order valence-electron chi connectivity index (χ1n) is 6.01. The van der Waals surface area contributed by atoms with Gasteiger partial charge in [0.1, 0.15) is 11.6 Å². The lowest BCUT2D eigenvalue weighted by Crippen LogP contribution is -2.21. The average Bonchev–Trinajstić information content (AvgIpc) is 2.37. The maximum absolute atomic E-state index is 4.62. The predicted molar refractivity (Wildman–Crippen MR) is 78.1 cm³/mol. The minimum atomic E-state index is 0.450. The predicted octanol–water partition coefficient (Wildman–Crippen LogP) is 3.13. The van der Waals surface area contributed by atoms with Crippen molar-refractivity contribution >= 4 is 29.3 Å². The molecular weight excluding hydrogens is 250 g/mol. The lowest BCUT2D eigenvalue weighted by atomic mass is 10.2. The summed E-state index contributed by atoms with van der Waals surface area (Å²) in [5.41, 5.74) is 1.05. The van der Waals surface area contributed by atoms with Crippen LogP contribution in [0.4, 0.5) is 5.82 Å². The lowest BCUT2D eigenvalue weighted by molar-refractivity contribution is 0.746. The van der Waals surface area contributed by atoms with Crippen LogP contribution in [0.1, 0.15) is 30.1 Å². The molecule has 5 heteroatoms.